The Morgan fingerprint density at radius 1 is 0.917 bits per heavy atom. The fourth-order valence-corrected chi connectivity index (χ4v) is 5.66. The molecule has 1 aromatic carbocycles. The number of carbonyl (C=O) groups excluding carboxylic acids is 2. The molecule has 1 N–H and O–H groups in total. The van der Waals surface area contributed by atoms with Gasteiger partial charge in [-0.2, -0.15) is 4.31 Å². The van der Waals surface area contributed by atoms with Gasteiger partial charge in [-0.05, 0) is 24.6 Å². The molecule has 0 bridgehead atoms. The number of nitrogens with zero attached hydrogens (tertiary/aromatic N) is 1. The Morgan fingerprint density at radius 3 is 2.19 bits per heavy atom. The van der Waals surface area contributed by atoms with Gasteiger partial charge in [0.1, 0.15) is 0 Å². The van der Waals surface area contributed by atoms with Crippen LogP contribution in [0, 0.1) is 0 Å². The molecule has 1 fully saturated rings. The van der Waals surface area contributed by atoms with Crippen molar-refractivity contribution in [2.75, 3.05) is 85.5 Å². The number of methoxy groups -OCH3 is 2. The lowest BCUT2D eigenvalue weighted by atomic mass is 10.1. The van der Waals surface area contributed by atoms with E-state index < -0.39 is 27.8 Å². The first-order chi connectivity index (χ1) is 17.4. The van der Waals surface area contributed by atoms with E-state index in [2.05, 4.69) is 5.32 Å². The summed E-state index contributed by atoms with van der Waals surface area (Å²) in [6, 6.07) is 3.63. The molecule has 0 radical (unpaired) electrons. The van der Waals surface area contributed by atoms with Gasteiger partial charge in [-0.3, -0.25) is 9.59 Å². The van der Waals surface area contributed by atoms with Gasteiger partial charge in [0.05, 0.1) is 87.8 Å². The molecule has 1 amide bonds. The van der Waals surface area contributed by atoms with Gasteiger partial charge in [0.15, 0.2) is 0 Å². The molecule has 13 heteroatoms. The molecule has 1 saturated heterocycles. The summed E-state index contributed by atoms with van der Waals surface area (Å²) in [5.41, 5.74) is 0.358. The summed E-state index contributed by atoms with van der Waals surface area (Å²) in [5.74, 6) is -1.52. The van der Waals surface area contributed by atoms with Crippen LogP contribution in [-0.2, 0) is 43.2 Å². The van der Waals surface area contributed by atoms with Crippen molar-refractivity contribution < 1.29 is 46.4 Å². The van der Waals surface area contributed by atoms with Gasteiger partial charge in [0, 0.05) is 20.8 Å². The van der Waals surface area contributed by atoms with Crippen LogP contribution in [0.5, 0.6) is 0 Å². The van der Waals surface area contributed by atoms with Crippen molar-refractivity contribution in [3.63, 3.8) is 0 Å². The number of nitrogens with one attached hydrogen (secondary N) is 1. The maximum atomic E-state index is 13.4. The molecule has 202 valence electrons. The first-order valence-corrected chi connectivity index (χ1v) is 13.2. The monoisotopic (exact) mass is 530 g/mol. The highest BCUT2D eigenvalue weighted by Crippen LogP contribution is 2.31. The van der Waals surface area contributed by atoms with Crippen molar-refractivity contribution >= 4 is 27.4 Å². The van der Waals surface area contributed by atoms with Gasteiger partial charge in [-0.1, -0.05) is 0 Å². The van der Waals surface area contributed by atoms with Crippen LogP contribution in [0.1, 0.15) is 16.8 Å². The van der Waals surface area contributed by atoms with Crippen LogP contribution < -0.4 is 5.32 Å². The Hall–Kier alpha value is -1.97. The zero-order chi connectivity index (χ0) is 26.0. The summed E-state index contributed by atoms with van der Waals surface area (Å²) in [7, 11) is -0.821. The lowest BCUT2D eigenvalue weighted by Crippen LogP contribution is -2.38. The van der Waals surface area contributed by atoms with Crippen molar-refractivity contribution in [3.8, 4) is 0 Å². The average molecular weight is 531 g/mol. The van der Waals surface area contributed by atoms with Crippen LogP contribution in [0.2, 0.25) is 0 Å². The summed E-state index contributed by atoms with van der Waals surface area (Å²) >= 11 is 0. The van der Waals surface area contributed by atoms with E-state index in [1.165, 1.54) is 29.6 Å². The smallest absolute Gasteiger partial charge is 0.296 e. The molecule has 2 atom stereocenters. The quantitative estimate of drug-likeness (QED) is 0.221. The second-order valence-electron chi connectivity index (χ2n) is 8.23. The molecule has 12 nitrogen and oxygen atoms in total. The highest BCUT2D eigenvalue weighted by molar-refractivity contribution is 7.89. The minimum absolute atomic E-state index is 0.0520. The van der Waals surface area contributed by atoms with Crippen LogP contribution in [0.25, 0.3) is 0 Å². The Kier molecular flexibility index (Phi) is 11.2. The first-order valence-electron chi connectivity index (χ1n) is 11.7. The number of benzene rings is 1. The summed E-state index contributed by atoms with van der Waals surface area (Å²) in [6.45, 7) is 3.89. The molecule has 2 aliphatic heterocycles. The van der Waals surface area contributed by atoms with Crippen molar-refractivity contribution in [1.82, 2.24) is 4.31 Å². The molecule has 3 rings (SSSR count). The molecule has 2 aliphatic rings. The topological polar surface area (TPSA) is 139 Å². The second-order valence-corrected chi connectivity index (χ2v) is 10.1. The molecule has 0 saturated carbocycles. The maximum absolute atomic E-state index is 13.4. The van der Waals surface area contributed by atoms with Gasteiger partial charge in [0.25, 0.3) is 11.7 Å². The Balaban J connectivity index is 1.43. The minimum atomic E-state index is -3.94. The van der Waals surface area contributed by atoms with Gasteiger partial charge >= 0.3 is 0 Å². The van der Waals surface area contributed by atoms with Crippen LogP contribution >= 0.6 is 0 Å². The summed E-state index contributed by atoms with van der Waals surface area (Å²) in [5, 5.41) is 2.42. The van der Waals surface area contributed by atoms with Gasteiger partial charge in [-0.25, -0.2) is 8.42 Å². The SMILES string of the molecule is COCCOCCOCCOCCO[C@H]1C[C@@H](COC)N(S(=O)(=O)c2ccc3c(c2)C(=O)C(=O)N3)C1. The highest BCUT2D eigenvalue weighted by atomic mass is 32.2. The number of hydrogen-bond donors (Lipinski definition) is 1. The van der Waals surface area contributed by atoms with Crippen LogP contribution in [0.3, 0.4) is 0 Å². The van der Waals surface area contributed by atoms with Crippen molar-refractivity contribution in [3.05, 3.63) is 23.8 Å². The first kappa shape index (κ1) is 28.6. The molecule has 0 spiro atoms. The standard InChI is InChI=1S/C23H34N2O10S/c1-30-5-6-32-7-8-33-9-10-34-11-12-35-18-13-17(16-31-2)25(15-18)36(28,29)19-3-4-21-20(14-19)22(26)23(27)24-21/h3-4,14,17-18H,5-13,15-16H2,1-2H3,(H,24,26,27)/t17-,18-/m0/s1. The molecule has 0 aromatic heterocycles. The van der Waals surface area contributed by atoms with Crippen LogP contribution in [-0.4, -0.2) is 117 Å². The predicted octanol–water partition coefficient (Wildman–Crippen LogP) is 0.312. The molecule has 2 heterocycles. The average Bonchev–Trinajstić information content (AvgIpc) is 3.40. The maximum Gasteiger partial charge on any atom is 0.296 e. The zero-order valence-electron chi connectivity index (χ0n) is 20.6. The Labute approximate surface area is 211 Å². The number of amides is 1. The minimum Gasteiger partial charge on any atom is -0.383 e. The third kappa shape index (κ3) is 7.52. The largest absolute Gasteiger partial charge is 0.383 e. The second kappa shape index (κ2) is 14.1. The molecular formula is C23H34N2O10S. The van der Waals surface area contributed by atoms with Crippen LogP contribution in [0.15, 0.2) is 23.1 Å². The molecule has 0 unspecified atom stereocenters. The number of sulfonamides is 1. The normalized spacial score (nSPS) is 20.2. The number of ether oxygens (including phenoxy) is 6. The van der Waals surface area contributed by atoms with Crippen molar-refractivity contribution in [2.45, 2.75) is 23.5 Å². The van der Waals surface area contributed by atoms with Gasteiger partial charge < -0.3 is 33.7 Å². The molecule has 0 aliphatic carbocycles. The van der Waals surface area contributed by atoms with Crippen molar-refractivity contribution in [2.24, 2.45) is 0 Å². The third-order valence-corrected chi connectivity index (χ3v) is 7.65. The van der Waals surface area contributed by atoms with E-state index >= 15 is 0 Å². The number of ketones is 1. The summed E-state index contributed by atoms with van der Waals surface area (Å²) in [4.78, 5) is 23.6. The number of carbonyl (C=O) groups is 2. The van der Waals surface area contributed by atoms with Gasteiger partial charge in [-0.15, -0.1) is 0 Å². The van der Waals surface area contributed by atoms with E-state index in [4.69, 9.17) is 28.4 Å². The van der Waals surface area contributed by atoms with E-state index in [1.807, 2.05) is 0 Å². The predicted molar refractivity (Wildman–Crippen MR) is 128 cm³/mol. The Bertz CT molecular complexity index is 987. The third-order valence-electron chi connectivity index (χ3n) is 5.74. The number of anilines is 1. The van der Waals surface area contributed by atoms with E-state index in [-0.39, 0.29) is 29.7 Å². The van der Waals surface area contributed by atoms with Crippen molar-refractivity contribution in [1.29, 1.82) is 0 Å². The number of Topliss-reactive ketones (excluding diaryl/α,β-unsaturated/α-hetero) is 1. The summed E-state index contributed by atoms with van der Waals surface area (Å²) in [6.07, 6.45) is 0.131. The number of fused-ring (bicyclic) bond motifs is 1. The lowest BCUT2D eigenvalue weighted by molar-refractivity contribution is -0.112. The highest BCUT2D eigenvalue weighted by Gasteiger charge is 2.41. The van der Waals surface area contributed by atoms with Gasteiger partial charge in [0.2, 0.25) is 10.0 Å². The van der Waals surface area contributed by atoms with E-state index in [1.54, 1.807) is 7.11 Å². The molecule has 36 heavy (non-hydrogen) atoms. The van der Waals surface area contributed by atoms with E-state index in [0.29, 0.717) is 65.0 Å². The fourth-order valence-electron chi connectivity index (χ4n) is 3.98. The molecular weight excluding hydrogens is 496 g/mol. The summed E-state index contributed by atoms with van der Waals surface area (Å²) < 4.78 is 60.3. The lowest BCUT2D eigenvalue weighted by Gasteiger charge is -2.23. The van der Waals surface area contributed by atoms with E-state index in [0.717, 1.165) is 0 Å². The van der Waals surface area contributed by atoms with E-state index in [9.17, 15) is 18.0 Å². The number of hydrogen-bond acceptors (Lipinski definition) is 10. The molecule has 1 aromatic rings. The fraction of sp³-hybridized carbons (Fsp3) is 0.652. The number of rotatable bonds is 17. The van der Waals surface area contributed by atoms with Crippen LogP contribution in [0.4, 0.5) is 5.69 Å². The Morgan fingerprint density at radius 2 is 1.56 bits per heavy atom. The zero-order valence-corrected chi connectivity index (χ0v) is 21.4.